The Bertz CT molecular complexity index is 714. The van der Waals surface area contributed by atoms with E-state index in [2.05, 4.69) is 28.1 Å². The van der Waals surface area contributed by atoms with Crippen LogP contribution >= 0.6 is 23.2 Å². The molecule has 1 aliphatic heterocycles. The highest BCUT2D eigenvalue weighted by molar-refractivity contribution is 6.35. The molecule has 0 radical (unpaired) electrons. The Balaban J connectivity index is 1.58. The standard InChI is InChI=1S/C17H17Cl2N3O/c18-13-7-14(19)9-15(8-13)22-17(23)21-10-11-3-4-16-12(6-11)2-1-5-20-16/h3-4,6-9,20H,1-2,5,10H2,(H2,21,22,23). The minimum atomic E-state index is -0.292. The number of amides is 2. The molecule has 2 aromatic carbocycles. The average molecular weight is 350 g/mol. The normalized spacial score (nSPS) is 13.0. The zero-order chi connectivity index (χ0) is 16.2. The molecule has 6 heteroatoms. The van der Waals surface area contributed by atoms with Gasteiger partial charge in [-0.3, -0.25) is 0 Å². The summed E-state index contributed by atoms with van der Waals surface area (Å²) in [6.07, 6.45) is 2.21. The summed E-state index contributed by atoms with van der Waals surface area (Å²) in [6, 6.07) is 10.9. The van der Waals surface area contributed by atoms with Gasteiger partial charge in [0.15, 0.2) is 0 Å². The Morgan fingerprint density at radius 3 is 2.70 bits per heavy atom. The third-order valence-electron chi connectivity index (χ3n) is 3.68. The van der Waals surface area contributed by atoms with E-state index < -0.39 is 0 Å². The number of urea groups is 1. The van der Waals surface area contributed by atoms with E-state index in [1.807, 2.05) is 6.07 Å². The Labute approximate surface area is 145 Å². The fraction of sp³-hybridized carbons (Fsp3) is 0.235. The van der Waals surface area contributed by atoms with Crippen molar-refractivity contribution in [2.45, 2.75) is 19.4 Å². The lowest BCUT2D eigenvalue weighted by molar-refractivity contribution is 0.251. The van der Waals surface area contributed by atoms with Crippen LogP contribution in [-0.2, 0) is 13.0 Å². The Morgan fingerprint density at radius 2 is 1.91 bits per heavy atom. The van der Waals surface area contributed by atoms with Crippen LogP contribution in [0.25, 0.3) is 0 Å². The quantitative estimate of drug-likeness (QED) is 0.753. The number of hydrogen-bond acceptors (Lipinski definition) is 2. The van der Waals surface area contributed by atoms with Gasteiger partial charge in [0, 0.05) is 34.5 Å². The van der Waals surface area contributed by atoms with Gasteiger partial charge in [0.2, 0.25) is 0 Å². The highest BCUT2D eigenvalue weighted by Crippen LogP contribution is 2.23. The molecule has 0 aliphatic carbocycles. The van der Waals surface area contributed by atoms with E-state index in [0.29, 0.717) is 22.3 Å². The third kappa shape index (κ3) is 4.30. The second-order valence-corrected chi connectivity index (χ2v) is 6.36. The van der Waals surface area contributed by atoms with Gasteiger partial charge in [-0.25, -0.2) is 4.79 Å². The molecule has 120 valence electrons. The minimum Gasteiger partial charge on any atom is -0.385 e. The van der Waals surface area contributed by atoms with Gasteiger partial charge in [0.05, 0.1) is 0 Å². The van der Waals surface area contributed by atoms with Crippen molar-refractivity contribution >= 4 is 40.6 Å². The van der Waals surface area contributed by atoms with Gasteiger partial charge in [0.1, 0.15) is 0 Å². The molecule has 2 aromatic rings. The lowest BCUT2D eigenvalue weighted by atomic mass is 10.0. The molecular weight excluding hydrogens is 333 g/mol. The molecule has 0 saturated heterocycles. The molecule has 0 fully saturated rings. The summed E-state index contributed by atoms with van der Waals surface area (Å²) in [5, 5.41) is 9.90. The average Bonchev–Trinajstić information content (AvgIpc) is 2.52. The van der Waals surface area contributed by atoms with E-state index in [4.69, 9.17) is 23.2 Å². The minimum absolute atomic E-state index is 0.292. The van der Waals surface area contributed by atoms with Crippen LogP contribution in [0.5, 0.6) is 0 Å². The lowest BCUT2D eigenvalue weighted by Gasteiger charge is -2.18. The van der Waals surface area contributed by atoms with E-state index in [0.717, 1.165) is 24.9 Å². The number of benzene rings is 2. The molecule has 4 nitrogen and oxygen atoms in total. The number of rotatable bonds is 3. The molecule has 0 spiro atoms. The summed E-state index contributed by atoms with van der Waals surface area (Å²) < 4.78 is 0. The van der Waals surface area contributed by atoms with E-state index in [1.165, 1.54) is 11.3 Å². The van der Waals surface area contributed by atoms with Crippen molar-refractivity contribution in [1.29, 1.82) is 0 Å². The molecular formula is C17H17Cl2N3O. The summed E-state index contributed by atoms with van der Waals surface area (Å²) in [4.78, 5) is 12.0. The molecule has 1 heterocycles. The number of fused-ring (bicyclic) bond motifs is 1. The Hall–Kier alpha value is -1.91. The summed E-state index contributed by atoms with van der Waals surface area (Å²) in [5.74, 6) is 0. The molecule has 3 N–H and O–H groups in total. The predicted octanol–water partition coefficient (Wildman–Crippen LogP) is 4.67. The molecule has 0 saturated carbocycles. The van der Waals surface area contributed by atoms with E-state index in [9.17, 15) is 4.79 Å². The SMILES string of the molecule is O=C(NCc1ccc2c(c1)CCCN2)Nc1cc(Cl)cc(Cl)c1. The zero-order valence-electron chi connectivity index (χ0n) is 12.5. The van der Waals surface area contributed by atoms with Gasteiger partial charge in [-0.1, -0.05) is 35.3 Å². The second-order valence-electron chi connectivity index (χ2n) is 5.49. The zero-order valence-corrected chi connectivity index (χ0v) is 14.0. The van der Waals surface area contributed by atoms with Gasteiger partial charge in [-0.2, -0.15) is 0 Å². The van der Waals surface area contributed by atoms with Gasteiger partial charge in [-0.05, 0) is 48.2 Å². The van der Waals surface area contributed by atoms with Crippen molar-refractivity contribution in [2.24, 2.45) is 0 Å². The maximum atomic E-state index is 12.0. The summed E-state index contributed by atoms with van der Waals surface area (Å²) in [7, 11) is 0. The lowest BCUT2D eigenvalue weighted by Crippen LogP contribution is -2.28. The maximum Gasteiger partial charge on any atom is 0.319 e. The van der Waals surface area contributed by atoms with E-state index in [1.54, 1.807) is 18.2 Å². The number of carbonyl (C=O) groups is 1. The highest BCUT2D eigenvalue weighted by atomic mass is 35.5. The highest BCUT2D eigenvalue weighted by Gasteiger charge is 2.09. The van der Waals surface area contributed by atoms with Crippen molar-refractivity contribution in [3.8, 4) is 0 Å². The molecule has 0 bridgehead atoms. The van der Waals surface area contributed by atoms with Crippen LogP contribution in [0, 0.1) is 0 Å². The summed E-state index contributed by atoms with van der Waals surface area (Å²) in [5.41, 5.74) is 4.14. The van der Waals surface area contributed by atoms with Crippen LogP contribution in [0.1, 0.15) is 17.5 Å². The van der Waals surface area contributed by atoms with Gasteiger partial charge in [-0.15, -0.1) is 0 Å². The first kappa shape index (κ1) is 16.0. The first-order valence-corrected chi connectivity index (χ1v) is 8.22. The maximum absolute atomic E-state index is 12.0. The number of carbonyl (C=O) groups excluding carboxylic acids is 1. The van der Waals surface area contributed by atoms with Gasteiger partial charge < -0.3 is 16.0 Å². The number of aryl methyl sites for hydroxylation is 1. The number of nitrogens with one attached hydrogen (secondary N) is 3. The van der Waals surface area contributed by atoms with Crippen LogP contribution < -0.4 is 16.0 Å². The Morgan fingerprint density at radius 1 is 1.13 bits per heavy atom. The van der Waals surface area contributed by atoms with Crippen molar-refractivity contribution in [2.75, 3.05) is 17.2 Å². The summed E-state index contributed by atoms with van der Waals surface area (Å²) >= 11 is 11.8. The predicted molar refractivity (Wildman–Crippen MR) is 95.6 cm³/mol. The van der Waals surface area contributed by atoms with Gasteiger partial charge >= 0.3 is 6.03 Å². The van der Waals surface area contributed by atoms with Crippen LogP contribution in [0.4, 0.5) is 16.2 Å². The van der Waals surface area contributed by atoms with E-state index >= 15 is 0 Å². The Kier molecular flexibility index (Phi) is 4.94. The topological polar surface area (TPSA) is 53.2 Å². The summed E-state index contributed by atoms with van der Waals surface area (Å²) in [6.45, 7) is 1.49. The third-order valence-corrected chi connectivity index (χ3v) is 4.12. The number of anilines is 2. The first-order valence-electron chi connectivity index (χ1n) is 7.47. The molecule has 1 aliphatic rings. The first-order chi connectivity index (χ1) is 11.1. The van der Waals surface area contributed by atoms with Crippen LogP contribution in [0.15, 0.2) is 36.4 Å². The van der Waals surface area contributed by atoms with Gasteiger partial charge in [0.25, 0.3) is 0 Å². The molecule has 0 unspecified atom stereocenters. The number of halogens is 2. The van der Waals surface area contributed by atoms with Crippen LogP contribution in [0.3, 0.4) is 0 Å². The molecule has 3 rings (SSSR count). The van der Waals surface area contributed by atoms with Crippen molar-refractivity contribution in [3.05, 3.63) is 57.6 Å². The smallest absolute Gasteiger partial charge is 0.319 e. The molecule has 0 atom stereocenters. The van der Waals surface area contributed by atoms with E-state index in [-0.39, 0.29) is 6.03 Å². The molecule has 23 heavy (non-hydrogen) atoms. The van der Waals surface area contributed by atoms with Crippen LogP contribution in [-0.4, -0.2) is 12.6 Å². The van der Waals surface area contributed by atoms with Crippen molar-refractivity contribution in [1.82, 2.24) is 5.32 Å². The van der Waals surface area contributed by atoms with Crippen molar-refractivity contribution in [3.63, 3.8) is 0 Å². The van der Waals surface area contributed by atoms with Crippen LogP contribution in [0.2, 0.25) is 10.0 Å². The fourth-order valence-electron chi connectivity index (χ4n) is 2.62. The molecule has 0 aromatic heterocycles. The number of hydrogen-bond donors (Lipinski definition) is 3. The molecule has 2 amide bonds. The largest absolute Gasteiger partial charge is 0.385 e. The fourth-order valence-corrected chi connectivity index (χ4v) is 3.15. The monoisotopic (exact) mass is 349 g/mol. The van der Waals surface area contributed by atoms with Crippen molar-refractivity contribution < 1.29 is 4.79 Å². The second kappa shape index (κ2) is 7.11.